The van der Waals surface area contributed by atoms with E-state index in [4.69, 9.17) is 9.47 Å². The van der Waals surface area contributed by atoms with Gasteiger partial charge < -0.3 is 40.7 Å². The van der Waals surface area contributed by atoms with Gasteiger partial charge in [-0.1, -0.05) is 16.4 Å². The fourth-order valence-corrected chi connectivity index (χ4v) is 7.69. The van der Waals surface area contributed by atoms with Crippen molar-refractivity contribution in [2.45, 2.75) is 19.3 Å². The molecular formula is C34H25Br5N4O8. The van der Waals surface area contributed by atoms with E-state index in [0.717, 1.165) is 5.56 Å². The number of halogens is 5. The lowest BCUT2D eigenvalue weighted by Crippen LogP contribution is -2.33. The van der Waals surface area contributed by atoms with Crippen LogP contribution < -0.4 is 20.1 Å². The first-order chi connectivity index (χ1) is 24.4. The molecule has 0 radical (unpaired) electrons. The van der Waals surface area contributed by atoms with Crippen molar-refractivity contribution in [3.05, 3.63) is 105 Å². The maximum atomic E-state index is 13.0. The number of ether oxygens (including phenoxy) is 2. The van der Waals surface area contributed by atoms with Crippen LogP contribution in [-0.2, 0) is 28.9 Å². The van der Waals surface area contributed by atoms with Crippen LogP contribution in [0.15, 0.2) is 93.5 Å². The average Bonchev–Trinajstić information content (AvgIpc) is 3.08. The highest BCUT2D eigenvalue weighted by atomic mass is 79.9. The standard InChI is InChI=1S/C34H25Br5N4O8/c35-20-7-16-1-2-27(20)50-28-15-19(11-22(37)30(28)44)13-26(43-49)34(47)40-5-3-17-9-23(38)32(24(39)10-17)51-29-14-18(8-21(36)31(29)45)4-6-41-33(46)25(12-16)42-48/h1-3,5,7-11,14-15,44-45,48-49H,4,6,12-13H2,(H,40,47)(H,41,46)/b5-3+,42-25+,43-26+. The van der Waals surface area contributed by atoms with E-state index in [1.165, 1.54) is 12.3 Å². The van der Waals surface area contributed by atoms with Crippen molar-refractivity contribution >= 4 is 109 Å². The summed E-state index contributed by atoms with van der Waals surface area (Å²) in [6.07, 6.45) is 3.22. The molecule has 4 aliphatic heterocycles. The molecule has 0 spiro atoms. The molecule has 0 saturated carbocycles. The smallest absolute Gasteiger partial charge is 0.273 e. The SMILES string of the molecule is O=C1N/C=C/c2cc(Br)c(c(Br)c2)Oc2cc(cc(Br)c2O)CCNC(=O)/C(=N/O)Cc2ccc(c(Br)c2)Oc2cc(cc(Br)c2O)C/C1=N\O. The van der Waals surface area contributed by atoms with Crippen molar-refractivity contribution in [3.63, 3.8) is 0 Å². The second kappa shape index (κ2) is 17.1. The summed E-state index contributed by atoms with van der Waals surface area (Å²) in [4.78, 5) is 25.9. The van der Waals surface area contributed by atoms with Crippen LogP contribution in [-0.4, -0.2) is 50.4 Å². The minimum Gasteiger partial charge on any atom is -0.503 e. The van der Waals surface area contributed by atoms with Gasteiger partial charge in [-0.05, 0) is 163 Å². The molecule has 0 fully saturated rings. The van der Waals surface area contributed by atoms with E-state index in [1.807, 2.05) is 0 Å². The van der Waals surface area contributed by atoms with Crippen molar-refractivity contribution in [1.29, 1.82) is 0 Å². The van der Waals surface area contributed by atoms with Gasteiger partial charge in [0.25, 0.3) is 11.8 Å². The number of carbonyl (C=O) groups is 2. The molecule has 4 heterocycles. The third-order valence-corrected chi connectivity index (χ3v) is 10.3. The van der Waals surface area contributed by atoms with Gasteiger partial charge in [0.1, 0.15) is 17.2 Å². The second-order valence-corrected chi connectivity index (χ2v) is 15.2. The van der Waals surface area contributed by atoms with Gasteiger partial charge in [-0.3, -0.25) is 9.59 Å². The maximum Gasteiger partial charge on any atom is 0.273 e. The number of rotatable bonds is 0. The number of nitrogens with zero attached hydrogens (tertiary/aromatic N) is 2. The first-order valence-electron chi connectivity index (χ1n) is 14.7. The van der Waals surface area contributed by atoms with Gasteiger partial charge in [-0.25, -0.2) is 0 Å². The Hall–Kier alpha value is -3.90. The molecule has 0 saturated heterocycles. The van der Waals surface area contributed by atoms with Crippen molar-refractivity contribution < 1.29 is 39.7 Å². The lowest BCUT2D eigenvalue weighted by Gasteiger charge is -2.15. The highest BCUT2D eigenvalue weighted by Crippen LogP contribution is 2.44. The number of benzene rings is 4. The lowest BCUT2D eigenvalue weighted by molar-refractivity contribution is -0.115. The molecule has 0 aromatic heterocycles. The molecular weight excluding hydrogens is 992 g/mol. The number of amides is 2. The van der Waals surface area contributed by atoms with E-state index in [1.54, 1.807) is 54.6 Å². The predicted octanol–water partition coefficient (Wildman–Crippen LogP) is 8.70. The van der Waals surface area contributed by atoms with Crippen molar-refractivity contribution in [2.75, 3.05) is 6.54 Å². The van der Waals surface area contributed by atoms with E-state index in [0.29, 0.717) is 52.5 Å². The average molecular weight is 1020 g/mol. The Bertz CT molecular complexity index is 2100. The molecule has 0 unspecified atom stereocenters. The quantitative estimate of drug-likeness (QED) is 0.0747. The van der Waals surface area contributed by atoms with E-state index in [2.05, 4.69) is 101 Å². The van der Waals surface area contributed by atoms with Crippen LogP contribution in [0.4, 0.5) is 0 Å². The Morgan fingerprint density at radius 1 is 0.627 bits per heavy atom. The van der Waals surface area contributed by atoms with E-state index < -0.39 is 11.8 Å². The lowest BCUT2D eigenvalue weighted by atomic mass is 10.1. The fourth-order valence-electron chi connectivity index (χ4n) is 4.82. The Morgan fingerprint density at radius 2 is 1.20 bits per heavy atom. The molecule has 4 aromatic carbocycles. The molecule has 51 heavy (non-hydrogen) atoms. The van der Waals surface area contributed by atoms with Crippen molar-refractivity contribution in [2.24, 2.45) is 10.3 Å². The summed E-state index contributed by atoms with van der Waals surface area (Å²) in [5, 5.41) is 52.6. The number of phenolic OH excluding ortho intramolecular Hbond substituents is 2. The molecule has 0 aliphatic carbocycles. The van der Waals surface area contributed by atoms with Gasteiger partial charge in [0.15, 0.2) is 28.7 Å². The van der Waals surface area contributed by atoms with Gasteiger partial charge in [0, 0.05) is 25.6 Å². The third-order valence-electron chi connectivity index (χ3n) is 7.32. The van der Waals surface area contributed by atoms with Crippen LogP contribution >= 0.6 is 79.6 Å². The van der Waals surface area contributed by atoms with Gasteiger partial charge >= 0.3 is 0 Å². The first kappa shape index (κ1) is 38.3. The molecule has 8 rings (SSSR count). The van der Waals surface area contributed by atoms with Gasteiger partial charge in [-0.2, -0.15) is 0 Å². The number of phenols is 2. The summed E-state index contributed by atoms with van der Waals surface area (Å²) >= 11 is 17.1. The number of aromatic hydroxyl groups is 2. The highest BCUT2D eigenvalue weighted by molar-refractivity contribution is 9.11. The van der Waals surface area contributed by atoms with E-state index in [-0.39, 0.29) is 58.3 Å². The molecule has 6 N–H and O–H groups in total. The normalized spacial score (nSPS) is 16.5. The molecule has 12 nitrogen and oxygen atoms in total. The van der Waals surface area contributed by atoms with Crippen LogP contribution in [0.1, 0.15) is 22.3 Å². The fraction of sp³-hybridized carbons (Fsp3) is 0.118. The van der Waals surface area contributed by atoms with Crippen LogP contribution in [0.3, 0.4) is 0 Å². The summed E-state index contributed by atoms with van der Waals surface area (Å²) in [5.74, 6) is -0.732. The number of nitrogens with one attached hydrogen (secondary N) is 2. The van der Waals surface area contributed by atoms with Crippen molar-refractivity contribution in [1.82, 2.24) is 10.6 Å². The second-order valence-electron chi connectivity index (χ2n) is 10.9. The Labute approximate surface area is 332 Å². The van der Waals surface area contributed by atoms with Gasteiger partial charge in [0.2, 0.25) is 0 Å². The monoisotopic (exact) mass is 1010 g/mol. The topological polar surface area (TPSA) is 182 Å². The minimum atomic E-state index is -0.676. The van der Waals surface area contributed by atoms with Gasteiger partial charge in [0.05, 0.1) is 22.4 Å². The molecule has 4 aliphatic rings. The molecule has 4 aromatic rings. The van der Waals surface area contributed by atoms with Crippen LogP contribution in [0.5, 0.6) is 34.5 Å². The Balaban J connectivity index is 1.50. The zero-order valence-electron chi connectivity index (χ0n) is 25.9. The van der Waals surface area contributed by atoms with Gasteiger partial charge in [-0.15, -0.1) is 0 Å². The number of hydrogen-bond donors (Lipinski definition) is 6. The van der Waals surface area contributed by atoms with E-state index >= 15 is 0 Å². The van der Waals surface area contributed by atoms with Crippen LogP contribution in [0, 0.1) is 0 Å². The predicted molar refractivity (Wildman–Crippen MR) is 207 cm³/mol. The Morgan fingerprint density at radius 3 is 1.84 bits per heavy atom. The third kappa shape index (κ3) is 9.51. The number of carbonyl (C=O) groups excluding carboxylic acids is 2. The summed E-state index contributed by atoms with van der Waals surface area (Å²) in [5.41, 5.74) is 2.12. The molecule has 0 atom stereocenters. The zero-order chi connectivity index (χ0) is 36.8. The van der Waals surface area contributed by atoms with Crippen molar-refractivity contribution in [3.8, 4) is 34.5 Å². The largest absolute Gasteiger partial charge is 0.503 e. The van der Waals surface area contributed by atoms with E-state index in [9.17, 15) is 30.2 Å². The Kier molecular flexibility index (Phi) is 12.8. The first-order valence-corrected chi connectivity index (χ1v) is 18.7. The van der Waals surface area contributed by atoms with Crippen LogP contribution in [0.2, 0.25) is 0 Å². The number of oxime groups is 2. The highest BCUT2D eigenvalue weighted by Gasteiger charge is 2.20. The molecule has 17 heteroatoms. The summed E-state index contributed by atoms with van der Waals surface area (Å²) < 4.78 is 14.3. The maximum absolute atomic E-state index is 13.0. The molecule has 264 valence electrons. The summed E-state index contributed by atoms with van der Waals surface area (Å²) in [6.45, 7) is 0.180. The van der Waals surface area contributed by atoms with Crippen LogP contribution in [0.25, 0.3) is 6.08 Å². The minimum absolute atomic E-state index is 0.0146. The molecule has 2 amide bonds. The summed E-state index contributed by atoms with van der Waals surface area (Å²) in [7, 11) is 0. The number of hydrogen-bond acceptors (Lipinski definition) is 10. The summed E-state index contributed by atoms with van der Waals surface area (Å²) in [6, 6.07) is 14.8. The zero-order valence-corrected chi connectivity index (χ0v) is 33.8. The molecule has 8 bridgehead atoms.